The number of aryl methyl sites for hydroxylation is 3. The summed E-state index contributed by atoms with van der Waals surface area (Å²) in [6.07, 6.45) is -0.739. The molecular formula is C26H35N3O5. The fraction of sp³-hybridized carbons (Fsp3) is 0.423. The van der Waals surface area contributed by atoms with Gasteiger partial charge in [-0.25, -0.2) is 4.79 Å². The van der Waals surface area contributed by atoms with E-state index in [1.165, 1.54) is 4.90 Å². The summed E-state index contributed by atoms with van der Waals surface area (Å²) in [5.41, 5.74) is 3.28. The Bertz CT molecular complexity index is 1030. The molecule has 184 valence electrons. The molecule has 1 unspecified atom stereocenters. The first kappa shape index (κ1) is 26.9. The van der Waals surface area contributed by atoms with Crippen molar-refractivity contribution in [3.05, 3.63) is 64.7 Å². The minimum absolute atomic E-state index is 0.0893. The quantitative estimate of drug-likeness (QED) is 0.547. The number of hydrogen-bond acceptors (Lipinski definition) is 5. The van der Waals surface area contributed by atoms with E-state index in [9.17, 15) is 19.5 Å². The number of benzene rings is 2. The average molecular weight is 470 g/mol. The largest absolute Gasteiger partial charge is 0.444 e. The van der Waals surface area contributed by atoms with E-state index in [1.807, 2.05) is 57.2 Å². The van der Waals surface area contributed by atoms with Gasteiger partial charge in [-0.3, -0.25) is 9.59 Å². The van der Waals surface area contributed by atoms with Crippen LogP contribution in [0.5, 0.6) is 0 Å². The number of aliphatic hydroxyl groups is 1. The maximum absolute atomic E-state index is 13.6. The molecule has 34 heavy (non-hydrogen) atoms. The van der Waals surface area contributed by atoms with Crippen molar-refractivity contribution in [2.45, 2.75) is 53.2 Å². The zero-order valence-electron chi connectivity index (χ0n) is 20.8. The van der Waals surface area contributed by atoms with Gasteiger partial charge in [0, 0.05) is 12.2 Å². The highest BCUT2D eigenvalue weighted by atomic mass is 16.6. The standard InChI is InChI=1S/C26H35N3O5/c1-17-11-12-20(19(3)15-17)23(24(32)28-21-10-8-7-9-18(21)2)29(13-14-30)22(31)16-27-25(33)34-26(4,5)6/h7-12,15,23,30H,13-14,16H2,1-6H3,(H,27,33)(H,28,32). The van der Waals surface area contributed by atoms with Crippen molar-refractivity contribution in [3.63, 3.8) is 0 Å². The van der Waals surface area contributed by atoms with Crippen molar-refractivity contribution < 1.29 is 24.2 Å². The molecule has 8 nitrogen and oxygen atoms in total. The highest BCUT2D eigenvalue weighted by molar-refractivity contribution is 5.99. The van der Waals surface area contributed by atoms with E-state index in [0.717, 1.165) is 16.7 Å². The summed E-state index contributed by atoms with van der Waals surface area (Å²) in [4.78, 5) is 40.1. The molecular weight excluding hydrogens is 434 g/mol. The molecule has 0 spiro atoms. The predicted octanol–water partition coefficient (Wildman–Crippen LogP) is 3.64. The Morgan fingerprint density at radius 2 is 1.71 bits per heavy atom. The molecule has 3 amide bonds. The van der Waals surface area contributed by atoms with E-state index in [1.54, 1.807) is 26.8 Å². The summed E-state index contributed by atoms with van der Waals surface area (Å²) in [6, 6.07) is 12.0. The summed E-state index contributed by atoms with van der Waals surface area (Å²) in [6.45, 7) is 10.0. The molecule has 1 atom stereocenters. The number of para-hydroxylation sites is 1. The normalized spacial score (nSPS) is 12.0. The molecule has 0 aromatic heterocycles. The van der Waals surface area contributed by atoms with Gasteiger partial charge in [0.2, 0.25) is 5.91 Å². The van der Waals surface area contributed by atoms with Gasteiger partial charge in [-0.05, 0) is 64.3 Å². The summed E-state index contributed by atoms with van der Waals surface area (Å²) in [5.74, 6) is -0.940. The fourth-order valence-electron chi connectivity index (χ4n) is 3.57. The maximum Gasteiger partial charge on any atom is 0.408 e. The van der Waals surface area contributed by atoms with E-state index in [-0.39, 0.29) is 19.7 Å². The van der Waals surface area contributed by atoms with Crippen LogP contribution in [0.25, 0.3) is 0 Å². The van der Waals surface area contributed by atoms with Gasteiger partial charge in [-0.1, -0.05) is 42.0 Å². The van der Waals surface area contributed by atoms with Crippen molar-refractivity contribution >= 4 is 23.6 Å². The van der Waals surface area contributed by atoms with Crippen LogP contribution in [0.1, 0.15) is 49.1 Å². The van der Waals surface area contributed by atoms with Crippen LogP contribution in [0.15, 0.2) is 42.5 Å². The van der Waals surface area contributed by atoms with Crippen LogP contribution < -0.4 is 10.6 Å². The number of alkyl carbamates (subject to hydrolysis) is 1. The molecule has 0 bridgehead atoms. The Morgan fingerprint density at radius 1 is 1.03 bits per heavy atom. The van der Waals surface area contributed by atoms with Crippen molar-refractivity contribution in [1.82, 2.24) is 10.2 Å². The molecule has 2 aromatic rings. The second-order valence-corrected chi connectivity index (χ2v) is 9.23. The molecule has 0 saturated carbocycles. The molecule has 2 aromatic carbocycles. The molecule has 8 heteroatoms. The monoisotopic (exact) mass is 469 g/mol. The van der Waals surface area contributed by atoms with Gasteiger partial charge in [-0.2, -0.15) is 0 Å². The summed E-state index contributed by atoms with van der Waals surface area (Å²) in [7, 11) is 0. The van der Waals surface area contributed by atoms with Crippen LogP contribution in [0.3, 0.4) is 0 Å². The van der Waals surface area contributed by atoms with Crippen LogP contribution in [0.2, 0.25) is 0 Å². The predicted molar refractivity (Wildman–Crippen MR) is 132 cm³/mol. The van der Waals surface area contributed by atoms with Crippen LogP contribution >= 0.6 is 0 Å². The van der Waals surface area contributed by atoms with Crippen LogP contribution in [0, 0.1) is 20.8 Å². The molecule has 0 fully saturated rings. The van der Waals surface area contributed by atoms with Gasteiger partial charge < -0.3 is 25.4 Å². The van der Waals surface area contributed by atoms with Gasteiger partial charge in [0.15, 0.2) is 0 Å². The molecule has 0 saturated heterocycles. The number of carbonyl (C=O) groups excluding carboxylic acids is 3. The third-order valence-electron chi connectivity index (χ3n) is 5.13. The zero-order chi connectivity index (χ0) is 25.5. The lowest BCUT2D eigenvalue weighted by molar-refractivity contribution is -0.138. The van der Waals surface area contributed by atoms with Crippen LogP contribution in [-0.4, -0.2) is 53.2 Å². The second-order valence-electron chi connectivity index (χ2n) is 9.23. The Morgan fingerprint density at radius 3 is 2.29 bits per heavy atom. The number of hydrogen-bond donors (Lipinski definition) is 3. The first-order chi connectivity index (χ1) is 15.9. The molecule has 0 aliphatic carbocycles. The number of anilines is 1. The highest BCUT2D eigenvalue weighted by Gasteiger charge is 2.33. The number of nitrogens with zero attached hydrogens (tertiary/aromatic N) is 1. The molecule has 0 aliphatic rings. The Hall–Kier alpha value is -3.39. The van der Waals surface area contributed by atoms with E-state index in [4.69, 9.17) is 4.74 Å². The second kappa shape index (κ2) is 11.7. The summed E-state index contributed by atoms with van der Waals surface area (Å²) < 4.78 is 5.20. The molecule has 2 rings (SSSR count). The minimum atomic E-state index is -1.01. The van der Waals surface area contributed by atoms with Crippen LogP contribution in [-0.2, 0) is 14.3 Å². The Labute approximate surface area is 201 Å². The van der Waals surface area contributed by atoms with E-state index >= 15 is 0 Å². The average Bonchev–Trinajstić information content (AvgIpc) is 2.73. The fourth-order valence-corrected chi connectivity index (χ4v) is 3.57. The van der Waals surface area contributed by atoms with Crippen LogP contribution in [0.4, 0.5) is 10.5 Å². The Kier molecular flexibility index (Phi) is 9.20. The lowest BCUT2D eigenvalue weighted by Crippen LogP contribution is -2.47. The third-order valence-corrected chi connectivity index (χ3v) is 5.13. The van der Waals surface area contributed by atoms with E-state index < -0.39 is 29.6 Å². The maximum atomic E-state index is 13.6. The van der Waals surface area contributed by atoms with Crippen molar-refractivity contribution in [2.75, 3.05) is 25.0 Å². The summed E-state index contributed by atoms with van der Waals surface area (Å²) >= 11 is 0. The van der Waals surface area contributed by atoms with Crippen molar-refractivity contribution in [1.29, 1.82) is 0 Å². The SMILES string of the molecule is Cc1ccc(C(C(=O)Nc2ccccc2C)N(CCO)C(=O)CNC(=O)OC(C)(C)C)c(C)c1. The number of carbonyl (C=O) groups is 3. The number of aliphatic hydroxyl groups excluding tert-OH is 1. The minimum Gasteiger partial charge on any atom is -0.444 e. The van der Waals surface area contributed by atoms with E-state index in [2.05, 4.69) is 10.6 Å². The van der Waals surface area contributed by atoms with E-state index in [0.29, 0.717) is 11.3 Å². The highest BCUT2D eigenvalue weighted by Crippen LogP contribution is 2.27. The first-order valence-corrected chi connectivity index (χ1v) is 11.2. The number of nitrogens with one attached hydrogen (secondary N) is 2. The molecule has 0 radical (unpaired) electrons. The molecule has 3 N–H and O–H groups in total. The van der Waals surface area contributed by atoms with Crippen molar-refractivity contribution in [3.8, 4) is 0 Å². The van der Waals surface area contributed by atoms with Gasteiger partial charge >= 0.3 is 6.09 Å². The number of amides is 3. The number of ether oxygens (including phenoxy) is 1. The van der Waals surface area contributed by atoms with Gasteiger partial charge in [0.05, 0.1) is 6.61 Å². The molecule has 0 heterocycles. The lowest BCUT2D eigenvalue weighted by atomic mass is 9.96. The lowest BCUT2D eigenvalue weighted by Gasteiger charge is -2.32. The smallest absolute Gasteiger partial charge is 0.408 e. The van der Waals surface area contributed by atoms with Gasteiger partial charge in [0.1, 0.15) is 18.2 Å². The van der Waals surface area contributed by atoms with Gasteiger partial charge in [0.25, 0.3) is 5.91 Å². The van der Waals surface area contributed by atoms with Crippen molar-refractivity contribution in [2.24, 2.45) is 0 Å². The Balaban J connectivity index is 2.38. The third kappa shape index (κ3) is 7.59. The molecule has 0 aliphatic heterocycles. The zero-order valence-corrected chi connectivity index (χ0v) is 20.8. The van der Waals surface area contributed by atoms with Gasteiger partial charge in [-0.15, -0.1) is 0 Å². The topological polar surface area (TPSA) is 108 Å². The summed E-state index contributed by atoms with van der Waals surface area (Å²) in [5, 5.41) is 15.1. The number of rotatable bonds is 8. The first-order valence-electron chi connectivity index (χ1n) is 11.2.